The minimum absolute atomic E-state index is 0.154. The van der Waals surface area contributed by atoms with Crippen LogP contribution in [-0.2, 0) is 0 Å². The maximum atomic E-state index is 13.1. The maximum Gasteiger partial charge on any atom is 0.187 e. The smallest absolute Gasteiger partial charge is 0.187 e. The lowest BCUT2D eigenvalue weighted by Crippen LogP contribution is -2.29. The summed E-state index contributed by atoms with van der Waals surface area (Å²) in [4.78, 5) is 0. The molecule has 2 rings (SSSR count). The number of nitriles is 2. The zero-order valence-electron chi connectivity index (χ0n) is 12.4. The number of hydrogen-bond acceptors (Lipinski definition) is 3. The highest BCUT2D eigenvalue weighted by molar-refractivity contribution is 5.32. The number of nitrogens with zero attached hydrogens (tertiary/aromatic N) is 2. The molecule has 0 amide bonds. The first-order valence-corrected chi connectivity index (χ1v) is 7.06. The molecule has 2 aromatic rings. The number of allylic oxidation sites excluding steroid dienone is 1. The van der Waals surface area contributed by atoms with Crippen molar-refractivity contribution in [3.05, 3.63) is 78.6 Å². The van der Waals surface area contributed by atoms with E-state index >= 15 is 0 Å². The topological polar surface area (TPSA) is 56.8 Å². The van der Waals surface area contributed by atoms with Gasteiger partial charge in [0.15, 0.2) is 11.5 Å². The molecule has 0 saturated heterocycles. The molecule has 2 aromatic carbocycles. The average molecular weight is 306 g/mol. The molecule has 0 aliphatic rings. The zero-order chi connectivity index (χ0) is 16.7. The molecule has 0 aromatic heterocycles. The average Bonchev–Trinajstić information content (AvgIpc) is 2.60. The number of halogens is 1. The Bertz CT molecular complexity index is 728. The molecule has 3 nitrogen and oxygen atoms in total. The minimum Gasteiger partial charge on any atom is -0.483 e. The van der Waals surface area contributed by atoms with Crippen LogP contribution in [0.1, 0.15) is 18.1 Å². The fourth-order valence-corrected chi connectivity index (χ4v) is 2.30. The molecule has 0 fully saturated rings. The molecule has 0 heterocycles. The van der Waals surface area contributed by atoms with Crippen molar-refractivity contribution in [2.24, 2.45) is 5.41 Å². The standard InChI is InChI=1S/C19H15FN2O/c1-2-12-19(13-21,14-22)18(15-6-4-3-5-7-15)23-17-10-8-16(20)9-11-17/h2-11,18H,1,12H2. The Hall–Kier alpha value is -3.11. The van der Waals surface area contributed by atoms with Crippen molar-refractivity contribution < 1.29 is 9.13 Å². The minimum atomic E-state index is -1.42. The van der Waals surface area contributed by atoms with Crippen LogP contribution in [0.25, 0.3) is 0 Å². The summed E-state index contributed by atoms with van der Waals surface area (Å²) in [5.41, 5.74) is -0.723. The van der Waals surface area contributed by atoms with Crippen LogP contribution < -0.4 is 4.74 Å². The van der Waals surface area contributed by atoms with Crippen LogP contribution in [0.2, 0.25) is 0 Å². The van der Waals surface area contributed by atoms with Gasteiger partial charge in [0, 0.05) is 6.42 Å². The van der Waals surface area contributed by atoms with Gasteiger partial charge in [-0.05, 0) is 29.8 Å². The van der Waals surface area contributed by atoms with Crippen LogP contribution in [0.4, 0.5) is 4.39 Å². The third-order valence-electron chi connectivity index (χ3n) is 3.48. The summed E-state index contributed by atoms with van der Waals surface area (Å²) < 4.78 is 19.0. The Morgan fingerprint density at radius 3 is 2.22 bits per heavy atom. The SMILES string of the molecule is C=CCC(C#N)(C#N)C(Oc1ccc(F)cc1)c1ccccc1. The van der Waals surface area contributed by atoms with Gasteiger partial charge in [0.1, 0.15) is 11.6 Å². The summed E-state index contributed by atoms with van der Waals surface area (Å²) in [6.07, 6.45) is 0.860. The molecule has 0 aliphatic carbocycles. The summed E-state index contributed by atoms with van der Waals surface area (Å²) in [7, 11) is 0. The van der Waals surface area contributed by atoms with E-state index in [9.17, 15) is 14.9 Å². The van der Waals surface area contributed by atoms with Gasteiger partial charge in [-0.15, -0.1) is 6.58 Å². The van der Waals surface area contributed by atoms with Crippen molar-refractivity contribution in [2.45, 2.75) is 12.5 Å². The van der Waals surface area contributed by atoms with E-state index in [1.165, 1.54) is 30.3 Å². The van der Waals surface area contributed by atoms with Crippen molar-refractivity contribution in [3.8, 4) is 17.9 Å². The van der Waals surface area contributed by atoms with E-state index in [1.807, 2.05) is 18.2 Å². The van der Waals surface area contributed by atoms with Gasteiger partial charge in [0.05, 0.1) is 12.1 Å². The Morgan fingerprint density at radius 1 is 1.09 bits per heavy atom. The second-order valence-electron chi connectivity index (χ2n) is 5.05. The maximum absolute atomic E-state index is 13.1. The van der Waals surface area contributed by atoms with Crippen molar-refractivity contribution in [3.63, 3.8) is 0 Å². The second kappa shape index (κ2) is 7.24. The molecule has 0 spiro atoms. The van der Waals surface area contributed by atoms with Crippen LogP contribution in [0.5, 0.6) is 5.75 Å². The van der Waals surface area contributed by atoms with Gasteiger partial charge in [-0.25, -0.2) is 4.39 Å². The Labute approximate surface area is 134 Å². The highest BCUT2D eigenvalue weighted by Gasteiger charge is 2.41. The van der Waals surface area contributed by atoms with Crippen LogP contribution in [-0.4, -0.2) is 0 Å². The number of ether oxygens (including phenoxy) is 1. The normalized spacial score (nSPS) is 11.8. The fraction of sp³-hybridized carbons (Fsp3) is 0.158. The van der Waals surface area contributed by atoms with Crippen LogP contribution >= 0.6 is 0 Å². The summed E-state index contributed by atoms with van der Waals surface area (Å²) in [5, 5.41) is 19.2. The Kier molecular flexibility index (Phi) is 5.12. The third kappa shape index (κ3) is 3.56. The van der Waals surface area contributed by atoms with Crippen molar-refractivity contribution in [1.29, 1.82) is 10.5 Å². The first-order chi connectivity index (χ1) is 11.1. The fourth-order valence-electron chi connectivity index (χ4n) is 2.30. The van der Waals surface area contributed by atoms with Gasteiger partial charge in [-0.2, -0.15) is 10.5 Å². The third-order valence-corrected chi connectivity index (χ3v) is 3.48. The van der Waals surface area contributed by atoms with Crippen molar-refractivity contribution in [2.75, 3.05) is 0 Å². The Morgan fingerprint density at radius 2 is 1.70 bits per heavy atom. The molecule has 0 radical (unpaired) electrons. The van der Waals surface area contributed by atoms with Crippen molar-refractivity contribution >= 4 is 0 Å². The van der Waals surface area contributed by atoms with Crippen LogP contribution in [0.3, 0.4) is 0 Å². The first kappa shape index (κ1) is 16.3. The van der Waals surface area contributed by atoms with Crippen molar-refractivity contribution in [1.82, 2.24) is 0 Å². The number of rotatable bonds is 6. The zero-order valence-corrected chi connectivity index (χ0v) is 12.4. The molecule has 0 N–H and O–H groups in total. The quantitative estimate of drug-likeness (QED) is 0.735. The largest absolute Gasteiger partial charge is 0.483 e. The van der Waals surface area contributed by atoms with Crippen LogP contribution in [0.15, 0.2) is 67.3 Å². The lowest BCUT2D eigenvalue weighted by Gasteiger charge is -2.29. The second-order valence-corrected chi connectivity index (χ2v) is 5.05. The molecule has 23 heavy (non-hydrogen) atoms. The van der Waals surface area contributed by atoms with E-state index in [2.05, 4.69) is 18.7 Å². The van der Waals surface area contributed by atoms with Crippen LogP contribution in [0, 0.1) is 33.9 Å². The highest BCUT2D eigenvalue weighted by Crippen LogP contribution is 2.40. The summed E-state index contributed by atoms with van der Waals surface area (Å²) in [5.74, 6) is 0.00530. The van der Waals surface area contributed by atoms with E-state index in [0.29, 0.717) is 11.3 Å². The highest BCUT2D eigenvalue weighted by atomic mass is 19.1. The Balaban J connectivity index is 2.48. The monoisotopic (exact) mass is 306 g/mol. The molecular formula is C19H15FN2O. The predicted molar refractivity (Wildman–Crippen MR) is 84.7 cm³/mol. The number of hydrogen-bond donors (Lipinski definition) is 0. The molecule has 4 heteroatoms. The van der Waals surface area contributed by atoms with Gasteiger partial charge >= 0.3 is 0 Å². The molecule has 0 saturated carbocycles. The first-order valence-electron chi connectivity index (χ1n) is 7.06. The molecule has 114 valence electrons. The molecular weight excluding hydrogens is 291 g/mol. The predicted octanol–water partition coefficient (Wildman–Crippen LogP) is 4.56. The van der Waals surface area contributed by atoms with E-state index in [0.717, 1.165) is 0 Å². The molecule has 1 unspecified atom stereocenters. The molecule has 0 aliphatic heterocycles. The number of benzene rings is 2. The molecule has 1 atom stereocenters. The lowest BCUT2D eigenvalue weighted by molar-refractivity contribution is 0.125. The summed E-state index contributed by atoms with van der Waals surface area (Å²) in [6, 6.07) is 18.7. The van der Waals surface area contributed by atoms with E-state index in [-0.39, 0.29) is 12.2 Å². The van der Waals surface area contributed by atoms with Gasteiger partial charge in [-0.3, -0.25) is 0 Å². The summed E-state index contributed by atoms with van der Waals surface area (Å²) in [6.45, 7) is 3.63. The van der Waals surface area contributed by atoms with E-state index < -0.39 is 11.5 Å². The van der Waals surface area contributed by atoms with E-state index in [4.69, 9.17) is 4.74 Å². The molecule has 0 bridgehead atoms. The van der Waals surface area contributed by atoms with Gasteiger partial charge in [-0.1, -0.05) is 36.4 Å². The summed E-state index contributed by atoms with van der Waals surface area (Å²) >= 11 is 0. The van der Waals surface area contributed by atoms with E-state index in [1.54, 1.807) is 12.1 Å². The van der Waals surface area contributed by atoms with Gasteiger partial charge < -0.3 is 4.74 Å². The van der Waals surface area contributed by atoms with Gasteiger partial charge in [0.25, 0.3) is 0 Å². The lowest BCUT2D eigenvalue weighted by atomic mass is 9.78. The van der Waals surface area contributed by atoms with Gasteiger partial charge in [0.2, 0.25) is 0 Å².